The summed E-state index contributed by atoms with van der Waals surface area (Å²) in [4.78, 5) is 57.9. The van der Waals surface area contributed by atoms with Crippen molar-refractivity contribution >= 4 is 56.5 Å². The van der Waals surface area contributed by atoms with Crippen molar-refractivity contribution in [1.82, 2.24) is 30.6 Å². The summed E-state index contributed by atoms with van der Waals surface area (Å²) in [6, 6.07) is 2.62. The zero-order valence-corrected chi connectivity index (χ0v) is 22.2. The van der Waals surface area contributed by atoms with E-state index >= 15 is 0 Å². The highest BCUT2D eigenvalue weighted by Crippen LogP contribution is 2.46. The molecule has 0 saturated heterocycles. The van der Waals surface area contributed by atoms with Crippen LogP contribution in [0.3, 0.4) is 0 Å². The minimum atomic E-state index is -0.431. The lowest BCUT2D eigenvalue weighted by Crippen LogP contribution is -2.48. The van der Waals surface area contributed by atoms with Gasteiger partial charge in [-0.25, -0.2) is 24.7 Å². The van der Waals surface area contributed by atoms with E-state index in [9.17, 15) is 14.4 Å². The van der Waals surface area contributed by atoms with E-state index in [1.54, 1.807) is 24.5 Å². The van der Waals surface area contributed by atoms with Crippen molar-refractivity contribution < 1.29 is 19.1 Å². The third kappa shape index (κ3) is 4.60. The van der Waals surface area contributed by atoms with Gasteiger partial charge in [-0.3, -0.25) is 14.5 Å². The molecule has 13 heteroatoms. The van der Waals surface area contributed by atoms with E-state index in [0.717, 1.165) is 24.8 Å². The summed E-state index contributed by atoms with van der Waals surface area (Å²) in [5.74, 6) is 0.168. The van der Waals surface area contributed by atoms with Crippen LogP contribution in [0, 0.1) is 6.92 Å². The molecule has 1 fully saturated rings. The smallest absolute Gasteiger partial charge is 0.331 e. The van der Waals surface area contributed by atoms with Gasteiger partial charge in [-0.05, 0) is 43.9 Å². The molecule has 0 spiro atoms. The van der Waals surface area contributed by atoms with Crippen LogP contribution in [-0.2, 0) is 4.79 Å². The second-order valence-electron chi connectivity index (χ2n) is 9.40. The minimum absolute atomic E-state index is 0.184. The van der Waals surface area contributed by atoms with Gasteiger partial charge in [-0.1, -0.05) is 6.58 Å². The minimum Gasteiger partial charge on any atom is -0.436 e. The molecule has 40 heavy (non-hydrogen) atoms. The lowest BCUT2D eigenvalue weighted by atomic mass is 10.1. The summed E-state index contributed by atoms with van der Waals surface area (Å²) in [5.41, 5.74) is 2.30. The number of urea groups is 1. The third-order valence-corrected chi connectivity index (χ3v) is 7.95. The average Bonchev–Trinajstić information content (AvgIpc) is 3.55. The molecule has 5 heterocycles. The van der Waals surface area contributed by atoms with Crippen molar-refractivity contribution in [2.45, 2.75) is 38.3 Å². The van der Waals surface area contributed by atoms with E-state index in [2.05, 4.69) is 42.5 Å². The third-order valence-electron chi connectivity index (χ3n) is 6.86. The van der Waals surface area contributed by atoms with Crippen LogP contribution in [0.15, 0.2) is 55.9 Å². The molecule has 12 nitrogen and oxygen atoms in total. The number of carbonyl (C=O) groups is 3. The fourth-order valence-electron chi connectivity index (χ4n) is 5.04. The van der Waals surface area contributed by atoms with Crippen LogP contribution in [-0.4, -0.2) is 49.9 Å². The molecule has 4 amide bonds. The monoisotopic (exact) mass is 556 g/mol. The zero-order chi connectivity index (χ0) is 27.8. The lowest BCUT2D eigenvalue weighted by molar-refractivity contribution is -0.117. The molecule has 2 aliphatic rings. The van der Waals surface area contributed by atoms with Gasteiger partial charge in [0.05, 0.1) is 41.0 Å². The topological polar surface area (TPSA) is 151 Å². The molecule has 0 unspecified atom stereocenters. The van der Waals surface area contributed by atoms with Crippen molar-refractivity contribution in [2.75, 3.05) is 10.2 Å². The Morgan fingerprint density at radius 1 is 1.15 bits per heavy atom. The van der Waals surface area contributed by atoms with E-state index in [-0.39, 0.29) is 23.9 Å². The van der Waals surface area contributed by atoms with Crippen LogP contribution in [0.4, 0.5) is 21.9 Å². The number of thiophene rings is 1. The summed E-state index contributed by atoms with van der Waals surface area (Å²) in [5, 5.41) is 9.50. The second kappa shape index (κ2) is 10.3. The van der Waals surface area contributed by atoms with Gasteiger partial charge in [0.25, 0.3) is 5.91 Å². The first-order valence-electron chi connectivity index (χ1n) is 12.6. The number of rotatable bonds is 7. The van der Waals surface area contributed by atoms with Crippen LogP contribution in [0.2, 0.25) is 0 Å². The van der Waals surface area contributed by atoms with Gasteiger partial charge in [-0.15, -0.1) is 11.3 Å². The summed E-state index contributed by atoms with van der Waals surface area (Å²) < 4.78 is 5.73. The van der Waals surface area contributed by atoms with Crippen molar-refractivity contribution in [1.29, 1.82) is 0 Å². The van der Waals surface area contributed by atoms with Gasteiger partial charge in [0, 0.05) is 24.3 Å². The number of amides is 4. The number of carbonyl (C=O) groups excluding carboxylic acids is 3. The number of anilines is 3. The maximum absolute atomic E-state index is 13.5. The van der Waals surface area contributed by atoms with Gasteiger partial charge in [0.2, 0.25) is 11.8 Å². The molecular weight excluding hydrogens is 532 g/mol. The van der Waals surface area contributed by atoms with Crippen LogP contribution in [0.25, 0.3) is 10.2 Å². The number of aromatic nitrogens is 4. The van der Waals surface area contributed by atoms with E-state index in [1.807, 2.05) is 6.92 Å². The van der Waals surface area contributed by atoms with Crippen molar-refractivity contribution in [3.63, 3.8) is 0 Å². The molecular formula is C27H24N8O4S. The fraction of sp³-hybridized carbons (Fsp3) is 0.222. The largest absolute Gasteiger partial charge is 0.436 e. The van der Waals surface area contributed by atoms with Gasteiger partial charge in [0.15, 0.2) is 5.75 Å². The van der Waals surface area contributed by atoms with Crippen LogP contribution < -0.4 is 25.6 Å². The number of nitrogens with zero attached hydrogens (tertiary/aromatic N) is 5. The van der Waals surface area contributed by atoms with Crippen molar-refractivity contribution in [3.8, 4) is 11.6 Å². The molecule has 1 aliphatic carbocycles. The first-order chi connectivity index (χ1) is 19.4. The van der Waals surface area contributed by atoms with Crippen LogP contribution >= 0.6 is 11.3 Å². The predicted molar refractivity (Wildman–Crippen MR) is 149 cm³/mol. The van der Waals surface area contributed by atoms with E-state index in [1.165, 1.54) is 41.0 Å². The Kier molecular flexibility index (Phi) is 6.56. The molecule has 0 bridgehead atoms. The molecule has 4 aromatic heterocycles. The fourth-order valence-corrected chi connectivity index (χ4v) is 6.06. The van der Waals surface area contributed by atoms with Crippen LogP contribution in [0.5, 0.6) is 11.6 Å². The van der Waals surface area contributed by atoms with Crippen LogP contribution in [0.1, 0.15) is 34.5 Å². The Hall–Kier alpha value is -4.91. The SMILES string of the molecule is C=CC(=O)N[C@H]1CCC[C@H]1NC(=O)c1sc2nccc3c2c1NC(=O)N3c1cnc(Oc2cncnc2)cc1C. The average molecular weight is 557 g/mol. The molecule has 4 aromatic rings. The molecule has 3 N–H and O–H groups in total. The van der Waals surface area contributed by atoms with E-state index in [0.29, 0.717) is 43.8 Å². The van der Waals surface area contributed by atoms with Gasteiger partial charge < -0.3 is 20.7 Å². The Morgan fingerprint density at radius 2 is 1.93 bits per heavy atom. The molecule has 2 atom stereocenters. The molecule has 6 rings (SSSR count). The number of aryl methyl sites for hydroxylation is 1. The summed E-state index contributed by atoms with van der Waals surface area (Å²) in [6.45, 7) is 5.35. The molecule has 0 aromatic carbocycles. The standard InChI is InChI=1S/C27H24N8O4S/c1-3-20(36)32-16-5-4-6-17(16)33-25(37)24-23-22-18(7-8-30-26(22)40-24)35(27(38)34-23)19-12-31-21(9-14(19)2)39-15-10-28-13-29-11-15/h3,7-13,16-17H,1,4-6H2,2H3,(H,32,36)(H,33,37)(H,34,38)/t16-,17+/m0/s1. The number of hydrogen-bond donors (Lipinski definition) is 3. The maximum Gasteiger partial charge on any atom is 0.331 e. The highest BCUT2D eigenvalue weighted by Gasteiger charge is 2.35. The van der Waals surface area contributed by atoms with E-state index in [4.69, 9.17) is 4.74 Å². The molecule has 1 aliphatic heterocycles. The summed E-state index contributed by atoms with van der Waals surface area (Å²) in [7, 11) is 0. The summed E-state index contributed by atoms with van der Waals surface area (Å²) >= 11 is 1.21. The summed E-state index contributed by atoms with van der Waals surface area (Å²) in [6.07, 6.45) is 11.2. The number of pyridine rings is 2. The zero-order valence-electron chi connectivity index (χ0n) is 21.4. The quantitative estimate of drug-likeness (QED) is 0.286. The van der Waals surface area contributed by atoms with Crippen molar-refractivity contribution in [2.24, 2.45) is 0 Å². The maximum atomic E-state index is 13.5. The Balaban J connectivity index is 1.30. The van der Waals surface area contributed by atoms with Gasteiger partial charge in [-0.2, -0.15) is 0 Å². The molecule has 0 radical (unpaired) electrons. The van der Waals surface area contributed by atoms with E-state index < -0.39 is 6.03 Å². The normalized spacial score (nSPS) is 17.8. The predicted octanol–water partition coefficient (Wildman–Crippen LogP) is 4.22. The lowest BCUT2D eigenvalue weighted by Gasteiger charge is -2.29. The van der Waals surface area contributed by atoms with Gasteiger partial charge in [0.1, 0.15) is 16.0 Å². The van der Waals surface area contributed by atoms with Crippen molar-refractivity contribution in [3.05, 3.63) is 66.3 Å². The first kappa shape index (κ1) is 25.4. The molecule has 202 valence electrons. The highest BCUT2D eigenvalue weighted by molar-refractivity contribution is 7.21. The Labute approximate surface area is 232 Å². The number of ether oxygens (including phenoxy) is 1. The van der Waals surface area contributed by atoms with Gasteiger partial charge >= 0.3 is 6.03 Å². The molecule has 1 saturated carbocycles. The highest BCUT2D eigenvalue weighted by atomic mass is 32.1. The number of nitrogens with one attached hydrogen (secondary N) is 3. The Morgan fingerprint density at radius 3 is 2.67 bits per heavy atom. The first-order valence-corrected chi connectivity index (χ1v) is 13.4. The Bertz CT molecular complexity index is 1660. The number of hydrogen-bond acceptors (Lipinski definition) is 9. The second-order valence-corrected chi connectivity index (χ2v) is 10.4.